The molecule has 2 aromatic heterocycles. The molecule has 2 N–H and O–H groups in total. The molecule has 0 aliphatic rings. The molecule has 5 nitrogen and oxygen atoms in total. The lowest BCUT2D eigenvalue weighted by Gasteiger charge is -2.06. The molecule has 0 fully saturated rings. The van der Waals surface area contributed by atoms with Crippen LogP contribution in [0, 0.1) is 11.3 Å². The minimum Gasteiger partial charge on any atom is -0.381 e. The Bertz CT molecular complexity index is 535. The quantitative estimate of drug-likeness (QED) is 0.757. The first-order valence-electron chi connectivity index (χ1n) is 4.68. The Balaban J connectivity index is 2.47. The lowest BCUT2D eigenvalue weighted by Crippen LogP contribution is -2.23. The van der Waals surface area contributed by atoms with Crippen molar-refractivity contribution in [2.45, 2.75) is 5.92 Å². The van der Waals surface area contributed by atoms with Crippen molar-refractivity contribution in [2.75, 3.05) is 7.05 Å². The average Bonchev–Trinajstić information content (AvgIpc) is 2.72. The number of nitrogens with one attached hydrogen (secondary N) is 2. The second kappa shape index (κ2) is 4.24. The lowest BCUT2D eigenvalue weighted by atomic mass is 10.1. The normalized spacial score (nSPS) is 12.0. The smallest absolute Gasteiger partial charge is 0.177 e. The number of nitriles is 1. The molecule has 16 heavy (non-hydrogen) atoms. The Morgan fingerprint density at radius 2 is 2.50 bits per heavy atom. The molecule has 2 heterocycles. The third-order valence-corrected chi connectivity index (χ3v) is 2.63. The lowest BCUT2D eigenvalue weighted by molar-refractivity contribution is 0.973. The molecule has 6 heteroatoms. The van der Waals surface area contributed by atoms with Crippen molar-refractivity contribution in [3.63, 3.8) is 0 Å². The van der Waals surface area contributed by atoms with Gasteiger partial charge >= 0.3 is 0 Å². The number of imidazole rings is 1. The molecule has 0 bridgehead atoms. The largest absolute Gasteiger partial charge is 0.381 e. The number of pyridine rings is 1. The molecule has 0 spiro atoms. The van der Waals surface area contributed by atoms with Crippen molar-refractivity contribution in [3.8, 4) is 6.07 Å². The van der Waals surface area contributed by atoms with Gasteiger partial charge in [0.1, 0.15) is 10.8 Å². The maximum Gasteiger partial charge on any atom is 0.177 e. The van der Waals surface area contributed by atoms with Gasteiger partial charge in [-0.05, 0) is 12.1 Å². The van der Waals surface area contributed by atoms with Gasteiger partial charge in [0.25, 0.3) is 0 Å². The molecule has 2 aromatic rings. The van der Waals surface area contributed by atoms with Gasteiger partial charge in [0, 0.05) is 13.2 Å². The zero-order valence-corrected chi connectivity index (χ0v) is 9.38. The number of aromatic nitrogens is 3. The molecule has 1 atom stereocenters. The van der Waals surface area contributed by atoms with E-state index in [-0.39, 0.29) is 0 Å². The van der Waals surface area contributed by atoms with Crippen LogP contribution in [-0.4, -0.2) is 27.0 Å². The summed E-state index contributed by atoms with van der Waals surface area (Å²) < 4.78 is 0. The summed E-state index contributed by atoms with van der Waals surface area (Å²) in [6.45, 7) is 0. The molecular formula is C10H9N5S. The van der Waals surface area contributed by atoms with E-state index >= 15 is 0 Å². The molecular weight excluding hydrogens is 222 g/mol. The van der Waals surface area contributed by atoms with Crippen LogP contribution in [-0.2, 0) is 0 Å². The van der Waals surface area contributed by atoms with E-state index in [0.717, 1.165) is 5.52 Å². The van der Waals surface area contributed by atoms with Gasteiger partial charge in [0.05, 0.1) is 11.6 Å². The second-order valence-electron chi connectivity index (χ2n) is 3.17. The predicted molar refractivity (Wildman–Crippen MR) is 63.9 cm³/mol. The highest BCUT2D eigenvalue weighted by Gasteiger charge is 2.19. The third kappa shape index (κ3) is 1.73. The minimum absolute atomic E-state index is 0.446. The van der Waals surface area contributed by atoms with Gasteiger partial charge in [-0.25, -0.2) is 9.97 Å². The highest BCUT2D eigenvalue weighted by molar-refractivity contribution is 7.80. The van der Waals surface area contributed by atoms with Gasteiger partial charge in [-0.3, -0.25) is 0 Å². The monoisotopic (exact) mass is 231 g/mol. The van der Waals surface area contributed by atoms with E-state index in [1.165, 1.54) is 0 Å². The second-order valence-corrected chi connectivity index (χ2v) is 3.61. The zero-order valence-electron chi connectivity index (χ0n) is 8.56. The maximum absolute atomic E-state index is 9.05. The Morgan fingerprint density at radius 1 is 1.69 bits per heavy atom. The average molecular weight is 231 g/mol. The Kier molecular flexibility index (Phi) is 2.79. The fourth-order valence-corrected chi connectivity index (χ4v) is 1.55. The summed E-state index contributed by atoms with van der Waals surface area (Å²) in [4.78, 5) is 11.8. The van der Waals surface area contributed by atoms with E-state index in [2.05, 4.69) is 26.3 Å². The highest BCUT2D eigenvalue weighted by atomic mass is 32.1. The van der Waals surface area contributed by atoms with Gasteiger partial charge in [-0.15, -0.1) is 0 Å². The molecule has 0 radical (unpaired) electrons. The summed E-state index contributed by atoms with van der Waals surface area (Å²) in [5.41, 5.74) is 1.40. The number of nitrogens with zero attached hydrogens (tertiary/aromatic N) is 3. The Hall–Kier alpha value is -2.00. The van der Waals surface area contributed by atoms with Crippen LogP contribution in [0.5, 0.6) is 0 Å². The van der Waals surface area contributed by atoms with Gasteiger partial charge in [-0.1, -0.05) is 12.2 Å². The first-order chi connectivity index (χ1) is 7.76. The van der Waals surface area contributed by atoms with Gasteiger partial charge in [0.15, 0.2) is 11.6 Å². The topological polar surface area (TPSA) is 77.4 Å². The van der Waals surface area contributed by atoms with Crippen molar-refractivity contribution in [1.82, 2.24) is 20.3 Å². The number of H-pyrrole nitrogens is 1. The Morgan fingerprint density at radius 3 is 3.12 bits per heavy atom. The van der Waals surface area contributed by atoms with E-state index < -0.39 is 5.92 Å². The van der Waals surface area contributed by atoms with Crippen LogP contribution in [0.25, 0.3) is 11.2 Å². The predicted octanol–water partition coefficient (Wildman–Crippen LogP) is 1.11. The fraction of sp³-hybridized carbons (Fsp3) is 0.200. The van der Waals surface area contributed by atoms with Crippen molar-refractivity contribution in [2.24, 2.45) is 0 Å². The number of fused-ring (bicyclic) bond motifs is 1. The molecule has 0 amide bonds. The minimum atomic E-state index is -0.561. The molecule has 0 saturated carbocycles. The van der Waals surface area contributed by atoms with Crippen LogP contribution >= 0.6 is 12.2 Å². The molecule has 0 aromatic carbocycles. The van der Waals surface area contributed by atoms with E-state index in [1.54, 1.807) is 13.2 Å². The number of likely N-dealkylation sites (N-methyl/N-ethyl adjacent to an activating group) is 1. The van der Waals surface area contributed by atoms with E-state index in [9.17, 15) is 0 Å². The number of hydrogen-bond donors (Lipinski definition) is 2. The molecule has 80 valence electrons. The fourth-order valence-electron chi connectivity index (χ4n) is 1.39. The summed E-state index contributed by atoms with van der Waals surface area (Å²) in [6.07, 6.45) is 1.66. The van der Waals surface area contributed by atoms with Crippen LogP contribution < -0.4 is 5.32 Å². The van der Waals surface area contributed by atoms with Crippen LogP contribution in [0.15, 0.2) is 18.3 Å². The number of rotatable bonds is 2. The summed E-state index contributed by atoms with van der Waals surface area (Å²) >= 11 is 5.05. The third-order valence-electron chi connectivity index (χ3n) is 2.19. The van der Waals surface area contributed by atoms with Crippen molar-refractivity contribution in [1.29, 1.82) is 5.26 Å². The number of thiocarbonyl (C=S) groups is 1. The SMILES string of the molecule is CNC(=S)C(C#N)c1nc2ncccc2[nH]1. The molecule has 0 saturated heterocycles. The van der Waals surface area contributed by atoms with Gasteiger partial charge in [-0.2, -0.15) is 5.26 Å². The Labute approximate surface area is 97.5 Å². The van der Waals surface area contributed by atoms with E-state index in [4.69, 9.17) is 17.5 Å². The van der Waals surface area contributed by atoms with Crippen LogP contribution in [0.2, 0.25) is 0 Å². The first kappa shape index (κ1) is 10.5. The van der Waals surface area contributed by atoms with Crippen molar-refractivity contribution < 1.29 is 0 Å². The van der Waals surface area contributed by atoms with Crippen LogP contribution in [0.3, 0.4) is 0 Å². The van der Waals surface area contributed by atoms with E-state index in [0.29, 0.717) is 16.5 Å². The van der Waals surface area contributed by atoms with Crippen molar-refractivity contribution in [3.05, 3.63) is 24.2 Å². The van der Waals surface area contributed by atoms with Gasteiger partial charge in [0.2, 0.25) is 0 Å². The highest BCUT2D eigenvalue weighted by Crippen LogP contribution is 2.16. The van der Waals surface area contributed by atoms with Crippen LogP contribution in [0.4, 0.5) is 0 Å². The van der Waals surface area contributed by atoms with E-state index in [1.807, 2.05) is 12.1 Å². The molecule has 0 aliphatic heterocycles. The summed E-state index contributed by atoms with van der Waals surface area (Å²) in [5, 5.41) is 11.8. The summed E-state index contributed by atoms with van der Waals surface area (Å²) in [7, 11) is 1.69. The van der Waals surface area contributed by atoms with Crippen LogP contribution in [0.1, 0.15) is 11.7 Å². The zero-order chi connectivity index (χ0) is 11.5. The molecule has 2 rings (SSSR count). The standard InChI is InChI=1S/C10H9N5S/c1-12-10(16)6(5-11)8-14-7-3-2-4-13-9(7)15-8/h2-4,6H,1H3,(H,12,16)(H,13,14,15). The maximum atomic E-state index is 9.05. The van der Waals surface area contributed by atoms with Crippen molar-refractivity contribution >= 4 is 28.4 Å². The molecule has 1 unspecified atom stereocenters. The molecule has 0 aliphatic carbocycles. The summed E-state index contributed by atoms with van der Waals surface area (Å²) in [6, 6.07) is 5.77. The summed E-state index contributed by atoms with van der Waals surface area (Å²) in [5.74, 6) is -0.0373. The first-order valence-corrected chi connectivity index (χ1v) is 5.09. The number of aromatic amines is 1. The van der Waals surface area contributed by atoms with Gasteiger partial charge < -0.3 is 10.3 Å². The number of hydrogen-bond acceptors (Lipinski definition) is 4.